The van der Waals surface area contributed by atoms with Crippen molar-refractivity contribution >= 4 is 11.0 Å². The normalized spacial score (nSPS) is 18.2. The summed E-state index contributed by atoms with van der Waals surface area (Å²) in [6.45, 7) is 4.19. The fraction of sp³-hybridized carbons (Fsp3) is 0.500. The van der Waals surface area contributed by atoms with E-state index in [2.05, 4.69) is 25.4 Å². The molecule has 1 saturated carbocycles. The van der Waals surface area contributed by atoms with Crippen molar-refractivity contribution in [2.75, 3.05) is 0 Å². The summed E-state index contributed by atoms with van der Waals surface area (Å²) < 4.78 is 5.93. The fourth-order valence-corrected chi connectivity index (χ4v) is 2.86. The van der Waals surface area contributed by atoms with Gasteiger partial charge in [-0.2, -0.15) is 5.48 Å². The summed E-state index contributed by atoms with van der Waals surface area (Å²) in [6, 6.07) is 8.23. The second-order valence-corrected chi connectivity index (χ2v) is 5.45. The lowest BCUT2D eigenvalue weighted by atomic mass is 10.1. The zero-order valence-corrected chi connectivity index (χ0v) is 11.6. The molecule has 0 saturated heterocycles. The summed E-state index contributed by atoms with van der Waals surface area (Å²) >= 11 is 0. The first-order valence-corrected chi connectivity index (χ1v) is 7.15. The summed E-state index contributed by atoms with van der Waals surface area (Å²) in [5.41, 5.74) is 5.30. The Hall–Kier alpha value is -1.32. The Kier molecular flexibility index (Phi) is 3.58. The van der Waals surface area contributed by atoms with Crippen LogP contribution in [-0.2, 0) is 4.84 Å². The van der Waals surface area contributed by atoms with Crippen molar-refractivity contribution in [3.63, 3.8) is 0 Å². The maximum atomic E-state index is 5.93. The van der Waals surface area contributed by atoms with Crippen LogP contribution in [0.25, 0.3) is 11.0 Å². The predicted molar refractivity (Wildman–Crippen MR) is 75.8 cm³/mol. The molecule has 1 N–H and O–H groups in total. The number of hydrogen-bond donors (Lipinski definition) is 1. The van der Waals surface area contributed by atoms with E-state index in [9.17, 15) is 0 Å². The van der Waals surface area contributed by atoms with Gasteiger partial charge in [0.25, 0.3) is 0 Å². The highest BCUT2D eigenvalue weighted by Gasteiger charge is 2.20. The van der Waals surface area contributed by atoms with Crippen LogP contribution in [0.3, 0.4) is 0 Å². The van der Waals surface area contributed by atoms with Crippen LogP contribution < -0.4 is 5.48 Å². The molecule has 1 unspecified atom stereocenters. The fourth-order valence-electron chi connectivity index (χ4n) is 2.86. The van der Waals surface area contributed by atoms with E-state index in [0.717, 1.165) is 11.3 Å². The van der Waals surface area contributed by atoms with E-state index < -0.39 is 0 Å². The van der Waals surface area contributed by atoms with E-state index in [1.807, 2.05) is 18.2 Å². The molecule has 3 rings (SSSR count). The molecular weight excluding hydrogens is 238 g/mol. The Labute approximate surface area is 113 Å². The van der Waals surface area contributed by atoms with Gasteiger partial charge in [0, 0.05) is 10.9 Å². The van der Waals surface area contributed by atoms with Crippen LogP contribution >= 0.6 is 0 Å². The minimum Gasteiger partial charge on any atom is -0.459 e. The number of hydroxylamine groups is 1. The molecule has 19 heavy (non-hydrogen) atoms. The predicted octanol–water partition coefficient (Wildman–Crippen LogP) is 4.27. The Balaban J connectivity index is 1.73. The highest BCUT2D eigenvalue weighted by molar-refractivity contribution is 5.82. The lowest BCUT2D eigenvalue weighted by molar-refractivity contribution is -0.0407. The zero-order valence-electron chi connectivity index (χ0n) is 11.6. The van der Waals surface area contributed by atoms with Gasteiger partial charge in [-0.25, -0.2) is 0 Å². The number of hydrogen-bond acceptors (Lipinski definition) is 3. The molecule has 1 fully saturated rings. The Bertz CT molecular complexity index is 555. The van der Waals surface area contributed by atoms with Crippen LogP contribution in [0.2, 0.25) is 0 Å². The lowest BCUT2D eigenvalue weighted by Gasteiger charge is -2.16. The second kappa shape index (κ2) is 5.35. The minimum absolute atomic E-state index is 0.0769. The van der Waals surface area contributed by atoms with Crippen LogP contribution in [0.4, 0.5) is 0 Å². The molecule has 2 aromatic rings. The number of aryl methyl sites for hydroxylation is 1. The monoisotopic (exact) mass is 259 g/mol. The van der Waals surface area contributed by atoms with Gasteiger partial charge in [-0.15, -0.1) is 0 Å². The van der Waals surface area contributed by atoms with Gasteiger partial charge in [-0.05, 0) is 32.8 Å². The highest BCUT2D eigenvalue weighted by atomic mass is 16.7. The Morgan fingerprint density at radius 2 is 2.00 bits per heavy atom. The molecule has 1 heterocycles. The standard InChI is InChI=1S/C16H21NO2/c1-11-14-9-5-6-10-15(14)18-16(11)12(2)17-19-13-7-3-4-8-13/h5-6,9-10,12-13,17H,3-4,7-8H2,1-2H3. The molecule has 0 radical (unpaired) electrons. The smallest absolute Gasteiger partial charge is 0.134 e. The molecule has 0 spiro atoms. The van der Waals surface area contributed by atoms with Gasteiger partial charge in [0.15, 0.2) is 0 Å². The number of fused-ring (bicyclic) bond motifs is 1. The average molecular weight is 259 g/mol. The summed E-state index contributed by atoms with van der Waals surface area (Å²) in [5, 5.41) is 1.19. The molecule has 1 aliphatic carbocycles. The van der Waals surface area contributed by atoms with Gasteiger partial charge in [0.1, 0.15) is 11.3 Å². The van der Waals surface area contributed by atoms with Crippen LogP contribution in [0.15, 0.2) is 28.7 Å². The SMILES string of the molecule is Cc1c(C(C)NOC2CCCC2)oc2ccccc12. The largest absolute Gasteiger partial charge is 0.459 e. The van der Waals surface area contributed by atoms with Gasteiger partial charge in [-0.3, -0.25) is 4.84 Å². The summed E-state index contributed by atoms with van der Waals surface area (Å²) in [5.74, 6) is 0.971. The Morgan fingerprint density at radius 1 is 1.26 bits per heavy atom. The average Bonchev–Trinajstić information content (AvgIpc) is 3.05. The van der Waals surface area contributed by atoms with E-state index in [0.29, 0.717) is 6.10 Å². The molecule has 3 heteroatoms. The molecule has 1 aromatic carbocycles. The van der Waals surface area contributed by atoms with Gasteiger partial charge >= 0.3 is 0 Å². The van der Waals surface area contributed by atoms with E-state index in [4.69, 9.17) is 9.25 Å². The maximum absolute atomic E-state index is 5.93. The number of benzene rings is 1. The van der Waals surface area contributed by atoms with Crippen molar-refractivity contribution in [3.8, 4) is 0 Å². The summed E-state index contributed by atoms with van der Waals surface area (Å²) in [7, 11) is 0. The molecular formula is C16H21NO2. The minimum atomic E-state index is 0.0769. The number of nitrogens with one attached hydrogen (secondary N) is 1. The van der Waals surface area contributed by atoms with Gasteiger partial charge in [-0.1, -0.05) is 31.0 Å². The third kappa shape index (κ3) is 2.53. The third-order valence-electron chi connectivity index (χ3n) is 3.99. The van der Waals surface area contributed by atoms with E-state index in [-0.39, 0.29) is 6.04 Å². The topological polar surface area (TPSA) is 34.4 Å². The molecule has 1 aromatic heterocycles. The first-order valence-electron chi connectivity index (χ1n) is 7.15. The first-order chi connectivity index (χ1) is 9.25. The van der Waals surface area contributed by atoms with E-state index in [1.54, 1.807) is 0 Å². The van der Waals surface area contributed by atoms with Crippen molar-refractivity contribution in [1.29, 1.82) is 0 Å². The van der Waals surface area contributed by atoms with Gasteiger partial charge < -0.3 is 4.42 Å². The van der Waals surface area contributed by atoms with E-state index >= 15 is 0 Å². The van der Waals surface area contributed by atoms with Crippen molar-refractivity contribution in [3.05, 3.63) is 35.6 Å². The molecule has 0 aliphatic heterocycles. The van der Waals surface area contributed by atoms with Crippen molar-refractivity contribution in [2.45, 2.75) is 51.7 Å². The van der Waals surface area contributed by atoms with Gasteiger partial charge in [0.05, 0.1) is 12.1 Å². The number of para-hydroxylation sites is 1. The maximum Gasteiger partial charge on any atom is 0.134 e. The zero-order chi connectivity index (χ0) is 13.2. The summed E-state index contributed by atoms with van der Waals surface area (Å²) in [6.07, 6.45) is 5.26. The number of furan rings is 1. The van der Waals surface area contributed by atoms with E-state index in [1.165, 1.54) is 36.6 Å². The lowest BCUT2D eigenvalue weighted by Crippen LogP contribution is -2.24. The quantitative estimate of drug-likeness (QED) is 0.833. The highest BCUT2D eigenvalue weighted by Crippen LogP contribution is 2.29. The molecule has 0 bridgehead atoms. The van der Waals surface area contributed by atoms with Crippen molar-refractivity contribution in [1.82, 2.24) is 5.48 Å². The molecule has 1 atom stereocenters. The number of rotatable bonds is 4. The Morgan fingerprint density at radius 3 is 2.74 bits per heavy atom. The van der Waals surface area contributed by atoms with Crippen LogP contribution in [0.5, 0.6) is 0 Å². The summed E-state index contributed by atoms with van der Waals surface area (Å²) in [4.78, 5) is 5.76. The first kappa shape index (κ1) is 12.7. The molecule has 0 amide bonds. The third-order valence-corrected chi connectivity index (χ3v) is 3.99. The van der Waals surface area contributed by atoms with Crippen LogP contribution in [0.1, 0.15) is 50.0 Å². The van der Waals surface area contributed by atoms with Crippen molar-refractivity contribution in [2.24, 2.45) is 0 Å². The molecule has 1 aliphatic rings. The molecule has 102 valence electrons. The van der Waals surface area contributed by atoms with Crippen molar-refractivity contribution < 1.29 is 9.25 Å². The van der Waals surface area contributed by atoms with Crippen LogP contribution in [0, 0.1) is 6.92 Å². The van der Waals surface area contributed by atoms with Gasteiger partial charge in [0.2, 0.25) is 0 Å². The van der Waals surface area contributed by atoms with Crippen LogP contribution in [-0.4, -0.2) is 6.10 Å². The molecule has 3 nitrogen and oxygen atoms in total. The second-order valence-electron chi connectivity index (χ2n) is 5.45.